The number of aromatic nitrogens is 6. The quantitative estimate of drug-likeness (QED) is 0.241. The molecule has 0 fully saturated rings. The smallest absolute Gasteiger partial charge is 0.372 e. The number of hydrogen-bond acceptors (Lipinski definition) is 7. The lowest BCUT2D eigenvalue weighted by Crippen LogP contribution is -2.34. The molecular weight excluding hydrogens is 690 g/mol. The second-order valence-electron chi connectivity index (χ2n) is 6.12. The third kappa shape index (κ3) is 9.47. The van der Waals surface area contributed by atoms with Crippen molar-refractivity contribution in [3.8, 4) is 0 Å². The van der Waals surface area contributed by atoms with Crippen molar-refractivity contribution in [3.05, 3.63) is 61.8 Å². The number of rotatable bonds is 3. The Kier molecular flexibility index (Phi) is 11.4. The fourth-order valence-corrected chi connectivity index (χ4v) is 2.20. The minimum atomic E-state index is -5.69. The van der Waals surface area contributed by atoms with Gasteiger partial charge in [0.2, 0.25) is 0 Å². The highest BCUT2D eigenvalue weighted by Crippen LogP contribution is 2.43. The lowest BCUT2D eigenvalue weighted by Gasteiger charge is -2.18. The van der Waals surface area contributed by atoms with E-state index < -0.39 is 35.6 Å². The van der Waals surface area contributed by atoms with Crippen LogP contribution in [0.15, 0.2) is 36.4 Å². The van der Waals surface area contributed by atoms with Crippen molar-refractivity contribution >= 4 is 51.6 Å². The molecule has 0 unspecified atom stereocenters. The van der Waals surface area contributed by atoms with Crippen LogP contribution in [0.25, 0.3) is 0 Å². The summed E-state index contributed by atoms with van der Waals surface area (Å²) in [7, 11) is 1.44. The van der Waals surface area contributed by atoms with Gasteiger partial charge in [0, 0.05) is 7.05 Å². The zero-order valence-corrected chi connectivity index (χ0v) is 21.2. The van der Waals surface area contributed by atoms with E-state index in [-0.39, 0.29) is 11.0 Å². The predicted octanol–water partition coefficient (Wildman–Crippen LogP) is 6.69. The molecule has 0 aromatic carbocycles. The van der Waals surface area contributed by atoms with Gasteiger partial charge < -0.3 is 5.32 Å². The van der Waals surface area contributed by atoms with Crippen molar-refractivity contribution in [2.45, 2.75) is 24.2 Å². The zero-order chi connectivity index (χ0) is 28.7. The van der Waals surface area contributed by atoms with Crippen LogP contribution in [-0.2, 0) is 11.8 Å². The van der Waals surface area contributed by atoms with E-state index in [1.807, 2.05) is 0 Å². The highest BCUT2D eigenvalue weighted by atomic mass is 127. The summed E-state index contributed by atoms with van der Waals surface area (Å²) >= 11 is 12.7. The number of halogens is 13. The summed E-state index contributed by atoms with van der Waals surface area (Å²) in [5, 5.41) is 21.4. The summed E-state index contributed by atoms with van der Waals surface area (Å²) in [5.74, 6) is -9.88. The van der Waals surface area contributed by atoms with Crippen LogP contribution in [0.3, 0.4) is 0 Å². The molecule has 3 heterocycles. The molecule has 0 saturated heterocycles. The molecule has 0 spiro atoms. The Morgan fingerprint density at radius 1 is 0.595 bits per heavy atom. The first-order chi connectivity index (χ1) is 16.8. The molecule has 3 aromatic rings. The minimum Gasteiger partial charge on any atom is -0.372 e. The molecule has 0 bridgehead atoms. The summed E-state index contributed by atoms with van der Waals surface area (Å²) in [4.78, 5) is 0. The van der Waals surface area contributed by atoms with Crippen molar-refractivity contribution in [2.75, 3.05) is 12.4 Å². The van der Waals surface area contributed by atoms with Gasteiger partial charge in [0.1, 0.15) is 20.9 Å². The topological polar surface area (TPSA) is 89.4 Å². The Balaban J connectivity index is 0.000000290. The van der Waals surface area contributed by atoms with Gasteiger partial charge in [-0.25, -0.2) is 0 Å². The van der Waals surface area contributed by atoms with E-state index in [1.54, 1.807) is 12.1 Å². The summed E-state index contributed by atoms with van der Waals surface area (Å²) in [6, 6.07) is 6.35. The van der Waals surface area contributed by atoms with Crippen molar-refractivity contribution in [3.63, 3.8) is 0 Å². The Morgan fingerprint density at radius 2 is 1.00 bits per heavy atom. The standard InChI is InChI=1S/C7H6F5N3.C6H2ClF5N2.C4H2ClIN2/c1-13-5-3-2-4(14-15-5)6(8,9)7(10,11)12;7-4-2-1-3(13-14-4)5(8,9)6(10,11)12;5-3-1-2-4(6)8-7-3/h2-3H,1H3,(H,13,15);1-2H;1-2H. The molecule has 1 N–H and O–H groups in total. The maximum atomic E-state index is 12.7. The number of nitrogens with zero attached hydrogens (tertiary/aromatic N) is 6. The molecule has 0 aliphatic carbocycles. The summed E-state index contributed by atoms with van der Waals surface area (Å²) in [6.45, 7) is 0. The molecule has 3 rings (SSSR count). The molecule has 0 amide bonds. The SMILES string of the molecule is CNc1ccc(C(F)(F)C(F)(F)F)nn1.Clc1ccc(I)nn1.FC(F)(F)C(F)(F)c1ccc(Cl)nn1. The zero-order valence-electron chi connectivity index (χ0n) is 17.6. The number of hydrogen-bond donors (Lipinski definition) is 1. The van der Waals surface area contributed by atoms with E-state index in [0.29, 0.717) is 17.3 Å². The average molecular weight is 700 g/mol. The number of anilines is 1. The Hall–Kier alpha value is -2.35. The Bertz CT molecular complexity index is 1090. The van der Waals surface area contributed by atoms with Gasteiger partial charge >= 0.3 is 24.2 Å². The minimum absolute atomic E-state index is 0.108. The van der Waals surface area contributed by atoms with Gasteiger partial charge in [0.25, 0.3) is 0 Å². The summed E-state index contributed by atoms with van der Waals surface area (Å²) < 4.78 is 122. The summed E-state index contributed by atoms with van der Waals surface area (Å²) in [6.07, 6.45) is -11.3. The molecule has 0 saturated carbocycles. The van der Waals surface area contributed by atoms with Gasteiger partial charge in [-0.3, -0.25) is 0 Å². The maximum Gasteiger partial charge on any atom is 0.459 e. The van der Waals surface area contributed by atoms with Crippen LogP contribution in [0, 0.1) is 3.70 Å². The summed E-state index contributed by atoms with van der Waals surface area (Å²) in [5.41, 5.74) is -2.90. The number of nitrogens with one attached hydrogen (secondary N) is 1. The normalized spacial score (nSPS) is 12.1. The van der Waals surface area contributed by atoms with Crippen LogP contribution >= 0.6 is 45.8 Å². The molecular formula is C17H10Cl2F10IN7. The molecule has 7 nitrogen and oxygen atoms in total. The van der Waals surface area contributed by atoms with Gasteiger partial charge in [0.15, 0.2) is 10.3 Å². The first-order valence-electron chi connectivity index (χ1n) is 8.88. The first-order valence-corrected chi connectivity index (χ1v) is 10.7. The predicted molar refractivity (Wildman–Crippen MR) is 118 cm³/mol. The van der Waals surface area contributed by atoms with E-state index in [4.69, 9.17) is 23.2 Å². The van der Waals surface area contributed by atoms with Crippen LogP contribution in [0.4, 0.5) is 49.7 Å². The Morgan fingerprint density at radius 3 is 1.27 bits per heavy atom. The van der Waals surface area contributed by atoms with Crippen molar-refractivity contribution in [1.29, 1.82) is 0 Å². The highest BCUT2D eigenvalue weighted by molar-refractivity contribution is 14.1. The van der Waals surface area contributed by atoms with Crippen LogP contribution in [0.1, 0.15) is 11.4 Å². The molecule has 0 aliphatic heterocycles. The second kappa shape index (κ2) is 12.9. The van der Waals surface area contributed by atoms with Crippen molar-refractivity contribution in [1.82, 2.24) is 30.6 Å². The first kappa shape index (κ1) is 32.7. The van der Waals surface area contributed by atoms with E-state index >= 15 is 0 Å². The van der Waals surface area contributed by atoms with E-state index in [2.05, 4.69) is 58.5 Å². The lowest BCUT2D eigenvalue weighted by atomic mass is 10.2. The van der Waals surface area contributed by atoms with Gasteiger partial charge in [-0.05, 0) is 59.0 Å². The van der Waals surface area contributed by atoms with Crippen molar-refractivity contribution < 1.29 is 43.9 Å². The lowest BCUT2D eigenvalue weighted by molar-refractivity contribution is -0.291. The molecule has 3 aromatic heterocycles. The van der Waals surface area contributed by atoms with E-state index in [1.165, 1.54) is 7.05 Å². The van der Waals surface area contributed by atoms with Crippen LogP contribution in [0.2, 0.25) is 10.3 Å². The van der Waals surface area contributed by atoms with Gasteiger partial charge in [-0.15, -0.1) is 30.6 Å². The van der Waals surface area contributed by atoms with Crippen LogP contribution < -0.4 is 5.32 Å². The molecule has 20 heteroatoms. The average Bonchev–Trinajstić information content (AvgIpc) is 2.81. The van der Waals surface area contributed by atoms with E-state index in [9.17, 15) is 43.9 Å². The highest BCUT2D eigenvalue weighted by Gasteiger charge is 2.61. The van der Waals surface area contributed by atoms with Gasteiger partial charge in [-0.1, -0.05) is 23.2 Å². The maximum absolute atomic E-state index is 12.7. The molecule has 37 heavy (non-hydrogen) atoms. The van der Waals surface area contributed by atoms with Gasteiger partial charge in [0.05, 0.1) is 0 Å². The van der Waals surface area contributed by atoms with Gasteiger partial charge in [-0.2, -0.15) is 43.9 Å². The number of alkyl halides is 10. The fourth-order valence-electron chi connectivity index (χ4n) is 1.71. The monoisotopic (exact) mass is 699 g/mol. The van der Waals surface area contributed by atoms with E-state index in [0.717, 1.165) is 15.8 Å². The largest absolute Gasteiger partial charge is 0.459 e. The fraction of sp³-hybridized carbons (Fsp3) is 0.294. The molecule has 0 aliphatic rings. The molecule has 204 valence electrons. The second-order valence-corrected chi connectivity index (χ2v) is 8.00. The third-order valence-electron chi connectivity index (χ3n) is 3.51. The third-order valence-corrected chi connectivity index (χ3v) is 4.49. The van der Waals surface area contributed by atoms with Crippen LogP contribution in [0.5, 0.6) is 0 Å². The molecule has 0 radical (unpaired) electrons. The molecule has 0 atom stereocenters. The Labute approximate surface area is 224 Å². The van der Waals surface area contributed by atoms with Crippen LogP contribution in [-0.4, -0.2) is 50.0 Å². The van der Waals surface area contributed by atoms with Crippen molar-refractivity contribution in [2.24, 2.45) is 0 Å².